The molecule has 28 heavy (non-hydrogen) atoms. The second-order valence-corrected chi connectivity index (χ2v) is 6.66. The molecule has 9 heteroatoms. The normalized spacial score (nSPS) is 10.8. The molecule has 2 aromatic carbocycles. The molecular formula is C19H17F2N3O3S. The number of imidazole rings is 1. The van der Waals surface area contributed by atoms with E-state index < -0.39 is 12.5 Å². The number of anilines is 1. The molecule has 0 unspecified atom stereocenters. The smallest absolute Gasteiger partial charge is 0.387 e. The number of benzene rings is 2. The van der Waals surface area contributed by atoms with E-state index in [-0.39, 0.29) is 17.1 Å². The highest BCUT2D eigenvalue weighted by Crippen LogP contribution is 2.33. The van der Waals surface area contributed by atoms with E-state index in [4.69, 9.17) is 4.74 Å². The maximum atomic E-state index is 12.7. The molecule has 0 spiro atoms. The Morgan fingerprint density at radius 1 is 1.21 bits per heavy atom. The van der Waals surface area contributed by atoms with Gasteiger partial charge in [-0.25, -0.2) is 4.98 Å². The largest absolute Gasteiger partial charge is 0.493 e. The number of para-hydroxylation sites is 1. The molecule has 0 bridgehead atoms. The van der Waals surface area contributed by atoms with Crippen molar-refractivity contribution in [3.05, 3.63) is 60.4 Å². The first-order valence-corrected chi connectivity index (χ1v) is 8.98. The van der Waals surface area contributed by atoms with Gasteiger partial charge in [-0.3, -0.25) is 4.79 Å². The number of nitrogens with zero attached hydrogens (tertiary/aromatic N) is 2. The maximum Gasteiger partial charge on any atom is 0.387 e. The summed E-state index contributed by atoms with van der Waals surface area (Å²) in [6, 6.07) is 11.5. The van der Waals surface area contributed by atoms with Gasteiger partial charge in [0.05, 0.1) is 12.7 Å². The molecule has 6 nitrogen and oxygen atoms in total. The van der Waals surface area contributed by atoms with Crippen molar-refractivity contribution in [1.82, 2.24) is 9.55 Å². The van der Waals surface area contributed by atoms with Crippen LogP contribution in [-0.2, 0) is 7.05 Å². The standard InChI is InChI=1S/C19H17F2N3O3S/c1-24-11-10-22-19(24)28-13-8-6-12(7-9-13)23-17(25)14-4-3-5-15(26-2)16(14)27-18(20)21/h3-11,18H,1-2H3,(H,23,25). The Balaban J connectivity index is 1.75. The predicted molar refractivity (Wildman–Crippen MR) is 101 cm³/mol. The van der Waals surface area contributed by atoms with Crippen LogP contribution in [-0.4, -0.2) is 29.2 Å². The summed E-state index contributed by atoms with van der Waals surface area (Å²) in [7, 11) is 3.21. The van der Waals surface area contributed by atoms with E-state index in [0.29, 0.717) is 5.69 Å². The molecule has 1 amide bonds. The summed E-state index contributed by atoms with van der Waals surface area (Å²) < 4.78 is 36.8. The van der Waals surface area contributed by atoms with Crippen molar-refractivity contribution in [2.45, 2.75) is 16.7 Å². The van der Waals surface area contributed by atoms with Crippen LogP contribution in [0.4, 0.5) is 14.5 Å². The van der Waals surface area contributed by atoms with E-state index in [9.17, 15) is 13.6 Å². The van der Waals surface area contributed by atoms with E-state index in [1.54, 1.807) is 18.3 Å². The molecule has 0 aliphatic carbocycles. The lowest BCUT2D eigenvalue weighted by Crippen LogP contribution is -2.15. The molecule has 1 heterocycles. The van der Waals surface area contributed by atoms with Crippen LogP contribution >= 0.6 is 11.8 Å². The van der Waals surface area contributed by atoms with Crippen LogP contribution < -0.4 is 14.8 Å². The minimum Gasteiger partial charge on any atom is -0.493 e. The Morgan fingerprint density at radius 2 is 1.96 bits per heavy atom. The number of carbonyl (C=O) groups is 1. The van der Waals surface area contributed by atoms with Gasteiger partial charge in [-0.05, 0) is 36.4 Å². The molecule has 1 N–H and O–H groups in total. The number of alkyl halides is 2. The zero-order valence-corrected chi connectivity index (χ0v) is 15.9. The molecule has 3 aromatic rings. The lowest BCUT2D eigenvalue weighted by molar-refractivity contribution is -0.0515. The van der Waals surface area contributed by atoms with E-state index in [2.05, 4.69) is 15.0 Å². The number of aryl methyl sites for hydroxylation is 1. The summed E-state index contributed by atoms with van der Waals surface area (Å²) in [5.74, 6) is -0.840. The Kier molecular flexibility index (Phi) is 6.15. The second-order valence-electron chi connectivity index (χ2n) is 5.62. The Hall–Kier alpha value is -3.07. The summed E-state index contributed by atoms with van der Waals surface area (Å²) in [6.45, 7) is -3.08. The number of rotatable bonds is 7. The van der Waals surface area contributed by atoms with Crippen LogP contribution in [0.3, 0.4) is 0 Å². The van der Waals surface area contributed by atoms with Crippen LogP contribution in [0.1, 0.15) is 10.4 Å². The van der Waals surface area contributed by atoms with Crippen molar-refractivity contribution in [3.8, 4) is 11.5 Å². The van der Waals surface area contributed by atoms with E-state index in [1.165, 1.54) is 37.1 Å². The third-order valence-electron chi connectivity index (χ3n) is 3.75. The van der Waals surface area contributed by atoms with Gasteiger partial charge in [-0.1, -0.05) is 17.8 Å². The third-order valence-corrected chi connectivity index (χ3v) is 4.83. The van der Waals surface area contributed by atoms with Gasteiger partial charge in [0, 0.05) is 30.0 Å². The number of ether oxygens (including phenoxy) is 2. The molecule has 0 aliphatic heterocycles. The molecular weight excluding hydrogens is 388 g/mol. The second kappa shape index (κ2) is 8.75. The minimum absolute atomic E-state index is 0.0499. The number of carbonyl (C=O) groups excluding carboxylic acids is 1. The fraction of sp³-hybridized carbons (Fsp3) is 0.158. The topological polar surface area (TPSA) is 65.4 Å². The predicted octanol–water partition coefficient (Wildman–Crippen LogP) is 4.43. The van der Waals surface area contributed by atoms with E-state index in [1.807, 2.05) is 29.9 Å². The third kappa shape index (κ3) is 4.61. The highest BCUT2D eigenvalue weighted by molar-refractivity contribution is 7.99. The van der Waals surface area contributed by atoms with Gasteiger partial charge in [0.15, 0.2) is 16.7 Å². The fourth-order valence-corrected chi connectivity index (χ4v) is 3.23. The monoisotopic (exact) mass is 405 g/mol. The zero-order valence-electron chi connectivity index (χ0n) is 15.1. The number of nitrogens with one attached hydrogen (secondary N) is 1. The average molecular weight is 405 g/mol. The molecule has 1 aromatic heterocycles. The lowest BCUT2D eigenvalue weighted by atomic mass is 10.1. The van der Waals surface area contributed by atoms with Crippen LogP contribution in [0.5, 0.6) is 11.5 Å². The van der Waals surface area contributed by atoms with Crippen molar-refractivity contribution in [2.24, 2.45) is 7.05 Å². The molecule has 0 saturated heterocycles. The zero-order chi connectivity index (χ0) is 20.1. The highest BCUT2D eigenvalue weighted by Gasteiger charge is 2.20. The van der Waals surface area contributed by atoms with Gasteiger partial charge in [0.1, 0.15) is 0 Å². The summed E-state index contributed by atoms with van der Waals surface area (Å²) in [5, 5.41) is 3.51. The Labute approximate surface area is 164 Å². The summed E-state index contributed by atoms with van der Waals surface area (Å²) in [4.78, 5) is 17.7. The number of halogens is 2. The van der Waals surface area contributed by atoms with Gasteiger partial charge in [-0.15, -0.1) is 0 Å². The van der Waals surface area contributed by atoms with E-state index in [0.717, 1.165) is 10.1 Å². The van der Waals surface area contributed by atoms with Crippen molar-refractivity contribution in [3.63, 3.8) is 0 Å². The van der Waals surface area contributed by atoms with Crippen molar-refractivity contribution < 1.29 is 23.0 Å². The number of methoxy groups -OCH3 is 1. The van der Waals surface area contributed by atoms with Gasteiger partial charge >= 0.3 is 6.61 Å². The molecule has 0 fully saturated rings. The minimum atomic E-state index is -3.08. The van der Waals surface area contributed by atoms with E-state index >= 15 is 0 Å². The summed E-state index contributed by atoms with van der Waals surface area (Å²) in [5.41, 5.74) is 0.464. The van der Waals surface area contributed by atoms with Crippen LogP contribution in [0.2, 0.25) is 0 Å². The first kappa shape index (κ1) is 19.7. The SMILES string of the molecule is COc1cccc(C(=O)Nc2ccc(Sc3nccn3C)cc2)c1OC(F)F. The van der Waals surface area contributed by atoms with Crippen LogP contribution in [0.15, 0.2) is 64.9 Å². The Morgan fingerprint density at radius 3 is 2.57 bits per heavy atom. The molecule has 0 atom stereocenters. The summed E-state index contributed by atoms with van der Waals surface area (Å²) >= 11 is 1.48. The van der Waals surface area contributed by atoms with Gasteiger partial charge in [0.25, 0.3) is 5.91 Å². The number of hydrogen-bond acceptors (Lipinski definition) is 5. The van der Waals surface area contributed by atoms with Gasteiger partial charge in [0.2, 0.25) is 0 Å². The van der Waals surface area contributed by atoms with Crippen molar-refractivity contribution >= 4 is 23.4 Å². The molecule has 0 aliphatic rings. The highest BCUT2D eigenvalue weighted by atomic mass is 32.2. The number of hydrogen-bond donors (Lipinski definition) is 1. The number of amides is 1. The quantitative estimate of drug-likeness (QED) is 0.630. The Bertz CT molecular complexity index is 961. The number of aromatic nitrogens is 2. The first-order valence-electron chi connectivity index (χ1n) is 8.16. The maximum absolute atomic E-state index is 12.7. The van der Waals surface area contributed by atoms with Crippen LogP contribution in [0, 0.1) is 0 Å². The van der Waals surface area contributed by atoms with Crippen LogP contribution in [0.25, 0.3) is 0 Å². The molecule has 0 saturated carbocycles. The average Bonchev–Trinajstić information content (AvgIpc) is 3.07. The molecule has 146 valence electrons. The van der Waals surface area contributed by atoms with Gasteiger partial charge < -0.3 is 19.4 Å². The molecule has 3 rings (SSSR count). The lowest BCUT2D eigenvalue weighted by Gasteiger charge is -2.14. The first-order chi connectivity index (χ1) is 13.5. The summed E-state index contributed by atoms with van der Waals surface area (Å²) in [6.07, 6.45) is 3.56. The fourth-order valence-electron chi connectivity index (χ4n) is 2.43. The van der Waals surface area contributed by atoms with Gasteiger partial charge in [-0.2, -0.15) is 8.78 Å². The van der Waals surface area contributed by atoms with Crippen molar-refractivity contribution in [1.29, 1.82) is 0 Å². The van der Waals surface area contributed by atoms with Crippen molar-refractivity contribution in [2.75, 3.05) is 12.4 Å². The molecule has 0 radical (unpaired) electrons.